The van der Waals surface area contributed by atoms with Crippen molar-refractivity contribution >= 4 is 0 Å². The van der Waals surface area contributed by atoms with Gasteiger partial charge in [0.15, 0.2) is 5.82 Å². The van der Waals surface area contributed by atoms with Gasteiger partial charge in [-0.25, -0.2) is 0 Å². The number of aryl methyl sites for hydroxylation is 1. The maximum atomic E-state index is 10.4. The molecule has 2 rings (SSSR count). The van der Waals surface area contributed by atoms with Gasteiger partial charge in [-0.15, -0.1) is 10.2 Å². The summed E-state index contributed by atoms with van der Waals surface area (Å²) < 4.78 is 0. The molecular weight excluding hydrogens is 232 g/mol. The van der Waals surface area contributed by atoms with Crippen molar-refractivity contribution in [2.45, 2.75) is 25.0 Å². The van der Waals surface area contributed by atoms with Gasteiger partial charge in [0.1, 0.15) is 0 Å². The number of tetrazole rings is 1. The summed E-state index contributed by atoms with van der Waals surface area (Å²) in [6.07, 6.45) is 1.13. The molecule has 2 unspecified atom stereocenters. The summed E-state index contributed by atoms with van der Waals surface area (Å²) >= 11 is 0. The Morgan fingerprint density at radius 2 is 2.11 bits per heavy atom. The maximum absolute atomic E-state index is 10.4. The van der Waals surface area contributed by atoms with Gasteiger partial charge >= 0.3 is 0 Å². The predicted octanol–water partition coefficient (Wildman–Crippen LogP) is -1.25. The fourth-order valence-electron chi connectivity index (χ4n) is 2.45. The molecule has 1 aromatic rings. The van der Waals surface area contributed by atoms with E-state index < -0.39 is 6.10 Å². The average molecular weight is 254 g/mol. The highest BCUT2D eigenvalue weighted by molar-refractivity contribution is 4.90. The van der Waals surface area contributed by atoms with E-state index in [4.69, 9.17) is 0 Å². The number of nitrogens with zero attached hydrogens (tertiary/aromatic N) is 6. The standard InChI is InChI=1S/C11H22N6O/c1-15-5-4-6-16(2)9(8-15)10(18)7-11-12-14-17(3)13-11/h9-10,18H,4-8H2,1-3H3. The first-order chi connectivity index (χ1) is 8.56. The van der Waals surface area contributed by atoms with E-state index in [1.165, 1.54) is 4.80 Å². The number of likely N-dealkylation sites (N-methyl/N-ethyl adjacent to an activating group) is 2. The summed E-state index contributed by atoms with van der Waals surface area (Å²) in [7, 11) is 5.89. The van der Waals surface area contributed by atoms with Crippen molar-refractivity contribution in [2.24, 2.45) is 7.05 Å². The molecule has 0 radical (unpaired) electrons. The van der Waals surface area contributed by atoms with Crippen LogP contribution in [-0.2, 0) is 13.5 Å². The van der Waals surface area contributed by atoms with Gasteiger partial charge in [-0.05, 0) is 38.8 Å². The van der Waals surface area contributed by atoms with Gasteiger partial charge in [-0.2, -0.15) is 4.80 Å². The van der Waals surface area contributed by atoms with E-state index in [1.54, 1.807) is 7.05 Å². The first-order valence-corrected chi connectivity index (χ1v) is 6.36. The molecule has 2 heterocycles. The first kappa shape index (κ1) is 13.4. The van der Waals surface area contributed by atoms with E-state index in [0.29, 0.717) is 12.2 Å². The predicted molar refractivity (Wildman–Crippen MR) is 67.0 cm³/mol. The van der Waals surface area contributed by atoms with E-state index in [1.807, 2.05) is 0 Å². The Hall–Kier alpha value is -1.05. The molecule has 0 amide bonds. The SMILES string of the molecule is CN1CCCN(C)C(C(O)Cc2nnn(C)n2)C1. The van der Waals surface area contributed by atoms with Gasteiger partial charge in [0.25, 0.3) is 0 Å². The molecule has 7 nitrogen and oxygen atoms in total. The molecule has 0 aromatic carbocycles. The fraction of sp³-hybridized carbons (Fsp3) is 0.909. The first-order valence-electron chi connectivity index (χ1n) is 6.36. The molecule has 0 saturated carbocycles. The molecule has 1 aliphatic rings. The van der Waals surface area contributed by atoms with Crippen molar-refractivity contribution in [1.29, 1.82) is 0 Å². The Labute approximate surface area is 107 Å². The Bertz CT molecular complexity index is 381. The lowest BCUT2D eigenvalue weighted by atomic mass is 10.1. The summed E-state index contributed by atoms with van der Waals surface area (Å²) in [6.45, 7) is 2.97. The molecule has 2 atom stereocenters. The molecule has 102 valence electrons. The zero-order valence-corrected chi connectivity index (χ0v) is 11.3. The molecule has 1 saturated heterocycles. The van der Waals surface area contributed by atoms with Crippen molar-refractivity contribution in [3.8, 4) is 0 Å². The van der Waals surface area contributed by atoms with Crippen molar-refractivity contribution in [3.05, 3.63) is 5.82 Å². The molecule has 1 N–H and O–H groups in total. The Balaban J connectivity index is 1.99. The van der Waals surface area contributed by atoms with E-state index in [2.05, 4.69) is 39.3 Å². The smallest absolute Gasteiger partial charge is 0.177 e. The highest BCUT2D eigenvalue weighted by Gasteiger charge is 2.28. The van der Waals surface area contributed by atoms with Gasteiger partial charge in [-0.3, -0.25) is 4.90 Å². The van der Waals surface area contributed by atoms with Gasteiger partial charge in [0, 0.05) is 19.0 Å². The van der Waals surface area contributed by atoms with Gasteiger partial charge in [0.2, 0.25) is 0 Å². The van der Waals surface area contributed by atoms with Crippen molar-refractivity contribution in [1.82, 2.24) is 30.0 Å². The van der Waals surface area contributed by atoms with Crippen molar-refractivity contribution < 1.29 is 5.11 Å². The van der Waals surface area contributed by atoms with E-state index >= 15 is 0 Å². The van der Waals surface area contributed by atoms with Gasteiger partial charge in [0.05, 0.1) is 13.2 Å². The molecule has 0 spiro atoms. The number of aliphatic hydroxyl groups is 1. The average Bonchev–Trinajstić information content (AvgIpc) is 2.62. The summed E-state index contributed by atoms with van der Waals surface area (Å²) in [5, 5.41) is 22.2. The molecule has 1 aromatic heterocycles. The lowest BCUT2D eigenvalue weighted by molar-refractivity contribution is 0.0567. The quantitative estimate of drug-likeness (QED) is 0.727. The van der Waals surface area contributed by atoms with Crippen LogP contribution in [0.25, 0.3) is 0 Å². The summed E-state index contributed by atoms with van der Waals surface area (Å²) in [5.74, 6) is 0.602. The normalized spacial score (nSPS) is 25.0. The minimum Gasteiger partial charge on any atom is -0.391 e. The highest BCUT2D eigenvalue weighted by Crippen LogP contribution is 2.12. The third-order valence-electron chi connectivity index (χ3n) is 3.50. The Morgan fingerprint density at radius 1 is 1.33 bits per heavy atom. The molecule has 0 aliphatic carbocycles. The summed E-state index contributed by atoms with van der Waals surface area (Å²) in [4.78, 5) is 5.91. The van der Waals surface area contributed by atoms with Crippen LogP contribution < -0.4 is 0 Å². The lowest BCUT2D eigenvalue weighted by Crippen LogP contribution is -2.47. The van der Waals surface area contributed by atoms with Gasteiger partial charge < -0.3 is 10.0 Å². The fourth-order valence-corrected chi connectivity index (χ4v) is 2.45. The highest BCUT2D eigenvalue weighted by atomic mass is 16.3. The molecule has 0 bridgehead atoms. The Kier molecular flexibility index (Phi) is 4.26. The molecular formula is C11H22N6O. The zero-order chi connectivity index (χ0) is 13.1. The molecule has 7 heteroatoms. The van der Waals surface area contributed by atoms with Crippen LogP contribution in [0.3, 0.4) is 0 Å². The van der Waals surface area contributed by atoms with Crippen LogP contribution in [0, 0.1) is 0 Å². The van der Waals surface area contributed by atoms with E-state index in [0.717, 1.165) is 26.1 Å². The largest absolute Gasteiger partial charge is 0.391 e. The topological polar surface area (TPSA) is 70.3 Å². The van der Waals surface area contributed by atoms with Crippen LogP contribution in [0.15, 0.2) is 0 Å². The van der Waals surface area contributed by atoms with Crippen LogP contribution in [0.4, 0.5) is 0 Å². The molecule has 1 aliphatic heterocycles. The minimum atomic E-state index is -0.459. The number of aromatic nitrogens is 4. The maximum Gasteiger partial charge on any atom is 0.177 e. The number of hydrogen-bond acceptors (Lipinski definition) is 6. The van der Waals surface area contributed by atoms with Crippen LogP contribution in [-0.4, -0.2) is 81.0 Å². The summed E-state index contributed by atoms with van der Waals surface area (Å²) in [5.41, 5.74) is 0. The molecule has 18 heavy (non-hydrogen) atoms. The minimum absolute atomic E-state index is 0.126. The van der Waals surface area contributed by atoms with Crippen LogP contribution in [0.1, 0.15) is 12.2 Å². The van der Waals surface area contributed by atoms with Crippen molar-refractivity contribution in [2.75, 3.05) is 33.7 Å². The second-order valence-corrected chi connectivity index (χ2v) is 5.13. The van der Waals surface area contributed by atoms with Crippen LogP contribution in [0.2, 0.25) is 0 Å². The van der Waals surface area contributed by atoms with Crippen LogP contribution in [0.5, 0.6) is 0 Å². The summed E-state index contributed by atoms with van der Waals surface area (Å²) in [6, 6.07) is 0.126. The van der Waals surface area contributed by atoms with E-state index in [-0.39, 0.29) is 6.04 Å². The monoisotopic (exact) mass is 254 g/mol. The molecule has 1 fully saturated rings. The second-order valence-electron chi connectivity index (χ2n) is 5.13. The third-order valence-corrected chi connectivity index (χ3v) is 3.50. The second kappa shape index (κ2) is 5.73. The van der Waals surface area contributed by atoms with Crippen LogP contribution >= 0.6 is 0 Å². The number of hydrogen-bond donors (Lipinski definition) is 1. The Morgan fingerprint density at radius 3 is 2.78 bits per heavy atom. The zero-order valence-electron chi connectivity index (χ0n) is 11.3. The lowest BCUT2D eigenvalue weighted by Gasteiger charge is -2.31. The van der Waals surface area contributed by atoms with Crippen molar-refractivity contribution in [3.63, 3.8) is 0 Å². The number of rotatable bonds is 3. The van der Waals surface area contributed by atoms with Gasteiger partial charge in [-0.1, -0.05) is 0 Å². The van der Waals surface area contributed by atoms with E-state index in [9.17, 15) is 5.11 Å². The third kappa shape index (κ3) is 3.24. The number of aliphatic hydroxyl groups excluding tert-OH is 1.